The number of para-hydroxylation sites is 1. The molecule has 0 unspecified atom stereocenters. The van der Waals surface area contributed by atoms with Crippen molar-refractivity contribution in [2.75, 3.05) is 26.0 Å². The van der Waals surface area contributed by atoms with E-state index in [9.17, 15) is 4.79 Å². The highest BCUT2D eigenvalue weighted by molar-refractivity contribution is 5.71. The van der Waals surface area contributed by atoms with E-state index in [1.807, 2.05) is 20.0 Å². The summed E-state index contributed by atoms with van der Waals surface area (Å²) in [5.74, 6) is 0. The fourth-order valence-corrected chi connectivity index (χ4v) is 1.66. The molecule has 1 rings (SSSR count). The van der Waals surface area contributed by atoms with Crippen molar-refractivity contribution in [3.63, 3.8) is 0 Å². The van der Waals surface area contributed by atoms with Gasteiger partial charge in [0.05, 0.1) is 6.54 Å². The smallest absolute Gasteiger partial charge is 0.139 e. The third-order valence-electron chi connectivity index (χ3n) is 2.67. The lowest BCUT2D eigenvalue weighted by Crippen LogP contribution is -2.13. The van der Waals surface area contributed by atoms with Crippen molar-refractivity contribution in [3.05, 3.63) is 41.1 Å². The van der Waals surface area contributed by atoms with Crippen LogP contribution in [0.2, 0.25) is 0 Å². The van der Waals surface area contributed by atoms with Crippen LogP contribution in [-0.2, 0) is 4.79 Å². The number of aliphatic imine (C=N–C) groups is 1. The van der Waals surface area contributed by atoms with Gasteiger partial charge in [0.25, 0.3) is 0 Å². The van der Waals surface area contributed by atoms with Crippen molar-refractivity contribution < 1.29 is 4.79 Å². The Bertz CT molecular complexity index is 445. The Hall–Kier alpha value is -2.10. The fraction of sp³-hybridized carbons (Fsp3) is 0.375. The van der Waals surface area contributed by atoms with Crippen LogP contribution < -0.4 is 10.6 Å². The van der Waals surface area contributed by atoms with Crippen LogP contribution in [0.15, 0.2) is 35.0 Å². The van der Waals surface area contributed by atoms with Gasteiger partial charge in [-0.3, -0.25) is 4.99 Å². The highest BCUT2D eigenvalue weighted by Crippen LogP contribution is 2.17. The molecule has 0 heterocycles. The summed E-state index contributed by atoms with van der Waals surface area (Å²) >= 11 is 0. The fourth-order valence-electron chi connectivity index (χ4n) is 1.66. The van der Waals surface area contributed by atoms with Crippen molar-refractivity contribution in [3.8, 4) is 0 Å². The standard InChI is InChI=1S/C9H13N.C7H12N2O/c1-7-5-4-6-8(2)9(7)10-3;1-7(3-4-8-2)9-5-6-10/h4-6,10H,1-3H3;3-4,6,9H,5H2,1-2H3/b;7-3-,8-4?. The summed E-state index contributed by atoms with van der Waals surface area (Å²) < 4.78 is 0. The van der Waals surface area contributed by atoms with Crippen LogP contribution in [-0.4, -0.2) is 33.1 Å². The molecule has 0 atom stereocenters. The molecular formula is C16H25N3O. The summed E-state index contributed by atoms with van der Waals surface area (Å²) in [5.41, 5.74) is 4.81. The van der Waals surface area contributed by atoms with E-state index in [1.165, 1.54) is 16.8 Å². The predicted molar refractivity (Wildman–Crippen MR) is 87.7 cm³/mol. The molecule has 1 aromatic rings. The molecule has 4 nitrogen and oxygen atoms in total. The molecule has 1 aromatic carbocycles. The topological polar surface area (TPSA) is 53.5 Å². The zero-order valence-electron chi connectivity index (χ0n) is 13.0. The molecule has 110 valence electrons. The van der Waals surface area contributed by atoms with Gasteiger partial charge in [-0.25, -0.2) is 0 Å². The average molecular weight is 275 g/mol. The number of hydrogen-bond acceptors (Lipinski definition) is 4. The summed E-state index contributed by atoms with van der Waals surface area (Å²) in [4.78, 5) is 13.6. The van der Waals surface area contributed by atoms with Gasteiger partial charge in [0.2, 0.25) is 0 Å². The molecule has 0 bridgehead atoms. The third-order valence-corrected chi connectivity index (χ3v) is 2.67. The van der Waals surface area contributed by atoms with E-state index < -0.39 is 0 Å². The molecule has 0 aromatic heterocycles. The largest absolute Gasteiger partial charge is 0.388 e. The lowest BCUT2D eigenvalue weighted by molar-refractivity contribution is -0.107. The highest BCUT2D eigenvalue weighted by atomic mass is 16.1. The summed E-state index contributed by atoms with van der Waals surface area (Å²) in [6, 6.07) is 6.29. The number of carbonyl (C=O) groups is 1. The van der Waals surface area contributed by atoms with Crippen LogP contribution >= 0.6 is 0 Å². The SMILES string of the molecule is CN=C/C=C(/C)NCC=O.CNc1c(C)cccc1C. The summed E-state index contributed by atoms with van der Waals surface area (Å²) in [6.07, 6.45) is 4.30. The lowest BCUT2D eigenvalue weighted by atomic mass is 10.1. The van der Waals surface area contributed by atoms with Gasteiger partial charge in [-0.1, -0.05) is 18.2 Å². The van der Waals surface area contributed by atoms with Crippen molar-refractivity contribution in [2.45, 2.75) is 20.8 Å². The Morgan fingerprint density at radius 2 is 1.90 bits per heavy atom. The van der Waals surface area contributed by atoms with E-state index >= 15 is 0 Å². The van der Waals surface area contributed by atoms with Crippen LogP contribution in [0.4, 0.5) is 5.69 Å². The van der Waals surface area contributed by atoms with Gasteiger partial charge in [0.15, 0.2) is 0 Å². The number of rotatable bonds is 5. The van der Waals surface area contributed by atoms with E-state index in [4.69, 9.17) is 0 Å². The first-order valence-electron chi connectivity index (χ1n) is 6.57. The molecule has 0 radical (unpaired) electrons. The van der Waals surface area contributed by atoms with E-state index in [0.717, 1.165) is 12.0 Å². The molecule has 0 aliphatic heterocycles. The van der Waals surface area contributed by atoms with E-state index in [2.05, 4.69) is 47.7 Å². The Morgan fingerprint density at radius 3 is 2.30 bits per heavy atom. The molecular weight excluding hydrogens is 250 g/mol. The normalized spacial score (nSPS) is 10.8. The van der Waals surface area contributed by atoms with Crippen LogP contribution in [0.1, 0.15) is 18.1 Å². The molecule has 4 heteroatoms. The predicted octanol–water partition coefficient (Wildman–Crippen LogP) is 2.72. The maximum atomic E-state index is 9.86. The molecule has 2 N–H and O–H groups in total. The molecule has 0 aliphatic carbocycles. The van der Waals surface area contributed by atoms with Gasteiger partial charge in [0.1, 0.15) is 6.29 Å². The van der Waals surface area contributed by atoms with E-state index in [0.29, 0.717) is 6.54 Å². The van der Waals surface area contributed by atoms with Crippen molar-refractivity contribution >= 4 is 18.2 Å². The Kier molecular flexibility index (Phi) is 9.66. The van der Waals surface area contributed by atoms with Gasteiger partial charge >= 0.3 is 0 Å². The van der Waals surface area contributed by atoms with Crippen LogP contribution in [0.25, 0.3) is 0 Å². The average Bonchev–Trinajstić information content (AvgIpc) is 2.44. The van der Waals surface area contributed by atoms with Crippen molar-refractivity contribution in [2.24, 2.45) is 4.99 Å². The minimum absolute atomic E-state index is 0.361. The molecule has 0 fully saturated rings. The first-order chi connectivity index (χ1) is 9.56. The zero-order chi connectivity index (χ0) is 15.4. The quantitative estimate of drug-likeness (QED) is 0.642. The number of benzene rings is 1. The first kappa shape index (κ1) is 17.9. The van der Waals surface area contributed by atoms with Crippen molar-refractivity contribution in [1.29, 1.82) is 0 Å². The van der Waals surface area contributed by atoms with Gasteiger partial charge < -0.3 is 15.4 Å². The van der Waals surface area contributed by atoms with E-state index in [1.54, 1.807) is 13.3 Å². The lowest BCUT2D eigenvalue weighted by Gasteiger charge is -2.07. The summed E-state index contributed by atoms with van der Waals surface area (Å²) in [5, 5.41) is 6.03. The van der Waals surface area contributed by atoms with Crippen molar-refractivity contribution in [1.82, 2.24) is 5.32 Å². The molecule has 0 spiro atoms. The Morgan fingerprint density at radius 1 is 1.30 bits per heavy atom. The third kappa shape index (κ3) is 7.36. The maximum Gasteiger partial charge on any atom is 0.139 e. The van der Waals surface area contributed by atoms with Gasteiger partial charge in [-0.05, 0) is 38.0 Å². The molecule has 0 amide bonds. The van der Waals surface area contributed by atoms with Gasteiger partial charge in [0, 0.05) is 31.7 Å². The minimum Gasteiger partial charge on any atom is -0.388 e. The number of hydrogen-bond donors (Lipinski definition) is 2. The number of allylic oxidation sites excluding steroid dienone is 2. The highest BCUT2D eigenvalue weighted by Gasteiger charge is 1.96. The molecule has 0 saturated carbocycles. The monoisotopic (exact) mass is 275 g/mol. The molecule has 0 aliphatic rings. The van der Waals surface area contributed by atoms with Crippen LogP contribution in [0.3, 0.4) is 0 Å². The second-order valence-corrected chi connectivity index (χ2v) is 4.32. The molecule has 0 saturated heterocycles. The summed E-state index contributed by atoms with van der Waals surface area (Å²) in [6.45, 7) is 6.46. The summed E-state index contributed by atoms with van der Waals surface area (Å²) in [7, 11) is 3.65. The van der Waals surface area contributed by atoms with E-state index in [-0.39, 0.29) is 0 Å². The number of anilines is 1. The second-order valence-electron chi connectivity index (χ2n) is 4.32. The number of nitrogens with zero attached hydrogens (tertiary/aromatic N) is 1. The Balaban J connectivity index is 0.000000361. The number of aryl methyl sites for hydroxylation is 2. The molecule has 20 heavy (non-hydrogen) atoms. The maximum absolute atomic E-state index is 9.86. The van der Waals surface area contributed by atoms with Gasteiger partial charge in [-0.2, -0.15) is 0 Å². The van der Waals surface area contributed by atoms with Crippen LogP contribution in [0, 0.1) is 13.8 Å². The number of aldehydes is 1. The second kappa shape index (κ2) is 10.8. The first-order valence-corrected chi connectivity index (χ1v) is 6.57. The van der Waals surface area contributed by atoms with Crippen LogP contribution in [0.5, 0.6) is 0 Å². The number of carbonyl (C=O) groups excluding carboxylic acids is 1. The van der Waals surface area contributed by atoms with Gasteiger partial charge in [-0.15, -0.1) is 0 Å². The zero-order valence-corrected chi connectivity index (χ0v) is 13.0. The Labute approximate surface area is 122 Å². The minimum atomic E-state index is 0.361. The number of nitrogens with one attached hydrogen (secondary N) is 2.